The zero-order valence-electron chi connectivity index (χ0n) is 14.1. The number of unbranched alkanes of at least 4 members (excludes halogenated alkanes) is 1. The van der Waals surface area contributed by atoms with Gasteiger partial charge in [-0.2, -0.15) is 0 Å². The van der Waals surface area contributed by atoms with E-state index < -0.39 is 0 Å². The van der Waals surface area contributed by atoms with Crippen LogP contribution in [0.2, 0.25) is 0 Å². The predicted molar refractivity (Wildman–Crippen MR) is 85.3 cm³/mol. The van der Waals surface area contributed by atoms with E-state index in [1.54, 1.807) is 0 Å². The Morgan fingerprint density at radius 1 is 0.591 bits per heavy atom. The van der Waals surface area contributed by atoms with Gasteiger partial charge in [-0.25, -0.2) is 9.13 Å². The molecule has 0 aliphatic rings. The number of nitrogens with zero attached hydrogens (tertiary/aromatic N) is 2. The molecule has 122 valence electrons. The molecule has 0 unspecified atom stereocenters. The molecule has 22 heavy (non-hydrogen) atoms. The fraction of sp³-hybridized carbons (Fsp3) is 0.444. The van der Waals surface area contributed by atoms with E-state index in [1.807, 2.05) is 0 Å². The van der Waals surface area contributed by atoms with Crippen LogP contribution in [0.5, 0.6) is 0 Å². The molecule has 0 spiro atoms. The second-order valence-electron chi connectivity index (χ2n) is 5.96. The van der Waals surface area contributed by atoms with Gasteiger partial charge in [-0.05, 0) is 39.8 Å². The molecule has 2 heterocycles. The minimum Gasteiger partial charge on any atom is -0.870 e. The summed E-state index contributed by atoms with van der Waals surface area (Å²) in [7, 11) is 0. The first-order valence-electron chi connectivity index (χ1n) is 7.47. The minimum absolute atomic E-state index is 0. The van der Waals surface area contributed by atoms with E-state index in [2.05, 4.69) is 73.7 Å². The Labute approximate surface area is 133 Å². The third kappa shape index (κ3) is 6.33. The van der Waals surface area contributed by atoms with Crippen molar-refractivity contribution >= 4 is 0 Å². The third-order valence-electron chi connectivity index (χ3n) is 3.47. The smallest absolute Gasteiger partial charge is 0.171 e. The Hall–Kier alpha value is -1.78. The van der Waals surface area contributed by atoms with E-state index in [0.717, 1.165) is 13.1 Å². The number of aromatic nitrogens is 2. The lowest BCUT2D eigenvalue weighted by molar-refractivity contribution is -0.708. The standard InChI is InChI=1S/C18H26N2.2H2O/c1-15-9-16(2)12-19(11-15)7-5-6-8-20-13-17(3)10-18(4)14-20;;/h9-14H,5-8H2,1-4H3;2*1H2/q+2;;/p-2. The molecule has 2 aromatic heterocycles. The fourth-order valence-electron chi connectivity index (χ4n) is 2.84. The summed E-state index contributed by atoms with van der Waals surface area (Å²) < 4.78 is 4.63. The first-order valence-corrected chi connectivity index (χ1v) is 7.47. The molecule has 0 aliphatic heterocycles. The highest BCUT2D eigenvalue weighted by molar-refractivity contribution is 5.11. The lowest BCUT2D eigenvalue weighted by Gasteiger charge is -2.01. The van der Waals surface area contributed by atoms with Gasteiger partial charge in [0.25, 0.3) is 0 Å². The fourth-order valence-corrected chi connectivity index (χ4v) is 2.84. The van der Waals surface area contributed by atoms with E-state index in [0.29, 0.717) is 0 Å². The van der Waals surface area contributed by atoms with Gasteiger partial charge >= 0.3 is 0 Å². The van der Waals surface area contributed by atoms with Crippen molar-refractivity contribution in [1.82, 2.24) is 0 Å². The number of aryl methyl sites for hydroxylation is 6. The normalized spacial score (nSPS) is 9.82. The Balaban J connectivity index is 0.00000220. The summed E-state index contributed by atoms with van der Waals surface area (Å²) >= 11 is 0. The van der Waals surface area contributed by atoms with Crippen LogP contribution in [0.3, 0.4) is 0 Å². The van der Waals surface area contributed by atoms with Crippen LogP contribution in [-0.2, 0) is 13.1 Å². The predicted octanol–water partition coefficient (Wildman–Crippen LogP) is 2.62. The maximum Gasteiger partial charge on any atom is 0.171 e. The van der Waals surface area contributed by atoms with E-state index in [-0.39, 0.29) is 11.0 Å². The average molecular weight is 304 g/mol. The molecule has 0 saturated heterocycles. The summed E-state index contributed by atoms with van der Waals surface area (Å²) in [5.41, 5.74) is 5.37. The van der Waals surface area contributed by atoms with Crippen LogP contribution in [0, 0.1) is 27.7 Å². The summed E-state index contributed by atoms with van der Waals surface area (Å²) in [5.74, 6) is 0. The van der Waals surface area contributed by atoms with Gasteiger partial charge in [-0.3, -0.25) is 0 Å². The van der Waals surface area contributed by atoms with Gasteiger partial charge in [-0.15, -0.1) is 0 Å². The molecule has 0 bridgehead atoms. The molecule has 0 aliphatic carbocycles. The van der Waals surface area contributed by atoms with Crippen LogP contribution < -0.4 is 9.13 Å². The van der Waals surface area contributed by atoms with E-state index >= 15 is 0 Å². The van der Waals surface area contributed by atoms with Crippen molar-refractivity contribution in [2.75, 3.05) is 0 Å². The lowest BCUT2D eigenvalue weighted by atomic mass is 10.2. The molecule has 4 nitrogen and oxygen atoms in total. The van der Waals surface area contributed by atoms with Crippen LogP contribution in [0.25, 0.3) is 0 Å². The maximum atomic E-state index is 2.32. The minimum atomic E-state index is 0. The number of pyridine rings is 2. The van der Waals surface area contributed by atoms with Crippen molar-refractivity contribution < 1.29 is 20.1 Å². The number of rotatable bonds is 5. The second-order valence-corrected chi connectivity index (χ2v) is 5.96. The summed E-state index contributed by atoms with van der Waals surface area (Å²) in [5, 5.41) is 0. The monoisotopic (exact) mass is 304 g/mol. The van der Waals surface area contributed by atoms with Crippen molar-refractivity contribution in [2.45, 2.75) is 53.6 Å². The van der Waals surface area contributed by atoms with Crippen LogP contribution >= 0.6 is 0 Å². The second kappa shape index (κ2) is 9.28. The Morgan fingerprint density at radius 3 is 1.14 bits per heavy atom. The first-order chi connectivity index (χ1) is 9.52. The molecular weight excluding hydrogens is 276 g/mol. The van der Waals surface area contributed by atoms with Gasteiger partial charge in [0.1, 0.15) is 13.1 Å². The van der Waals surface area contributed by atoms with Crippen molar-refractivity contribution in [1.29, 1.82) is 0 Å². The van der Waals surface area contributed by atoms with Gasteiger partial charge in [0.2, 0.25) is 0 Å². The van der Waals surface area contributed by atoms with E-state index in [9.17, 15) is 0 Å². The van der Waals surface area contributed by atoms with Gasteiger partial charge in [0, 0.05) is 35.1 Å². The van der Waals surface area contributed by atoms with Crippen LogP contribution in [0.1, 0.15) is 35.1 Å². The van der Waals surface area contributed by atoms with Gasteiger partial charge in [0.05, 0.1) is 0 Å². The zero-order valence-corrected chi connectivity index (χ0v) is 14.1. The zero-order chi connectivity index (χ0) is 14.5. The molecule has 4 heteroatoms. The number of hydrogen-bond acceptors (Lipinski definition) is 2. The van der Waals surface area contributed by atoms with E-state index in [4.69, 9.17) is 0 Å². The molecule has 0 fully saturated rings. The maximum absolute atomic E-state index is 2.32. The molecule has 0 amide bonds. The Morgan fingerprint density at radius 2 is 0.864 bits per heavy atom. The van der Waals surface area contributed by atoms with Gasteiger partial charge in [0.15, 0.2) is 24.8 Å². The SMILES string of the molecule is Cc1cc(C)c[n+](CCCC[n+]2cc(C)cc(C)c2)c1.[OH-].[OH-]. The third-order valence-corrected chi connectivity index (χ3v) is 3.47. The summed E-state index contributed by atoms with van der Waals surface area (Å²) in [6.07, 6.45) is 11.4. The highest BCUT2D eigenvalue weighted by atomic mass is 16.0. The molecular formula is C18H28N2O2. The Kier molecular flexibility index (Phi) is 8.53. The van der Waals surface area contributed by atoms with Crippen molar-refractivity contribution in [3.05, 3.63) is 59.2 Å². The highest BCUT2D eigenvalue weighted by Crippen LogP contribution is 2.00. The molecule has 0 atom stereocenters. The van der Waals surface area contributed by atoms with Gasteiger partial charge < -0.3 is 11.0 Å². The summed E-state index contributed by atoms with van der Waals surface area (Å²) in [4.78, 5) is 0. The molecule has 0 aromatic carbocycles. The van der Waals surface area contributed by atoms with E-state index in [1.165, 1.54) is 35.1 Å². The summed E-state index contributed by atoms with van der Waals surface area (Å²) in [6.45, 7) is 10.9. The quantitative estimate of drug-likeness (QED) is 0.629. The van der Waals surface area contributed by atoms with Crippen molar-refractivity contribution in [3.63, 3.8) is 0 Å². The molecule has 2 rings (SSSR count). The van der Waals surface area contributed by atoms with Crippen LogP contribution in [0.15, 0.2) is 36.9 Å². The molecule has 0 saturated carbocycles. The van der Waals surface area contributed by atoms with Crippen molar-refractivity contribution in [2.24, 2.45) is 0 Å². The lowest BCUT2D eigenvalue weighted by Crippen LogP contribution is -2.36. The average Bonchev–Trinajstić information content (AvgIpc) is 2.32. The highest BCUT2D eigenvalue weighted by Gasteiger charge is 2.06. The first kappa shape index (κ1) is 20.2. The van der Waals surface area contributed by atoms with Crippen LogP contribution in [-0.4, -0.2) is 11.0 Å². The summed E-state index contributed by atoms with van der Waals surface area (Å²) in [6, 6.07) is 4.45. The number of hydrogen-bond donors (Lipinski definition) is 0. The molecule has 0 radical (unpaired) electrons. The van der Waals surface area contributed by atoms with Crippen LogP contribution in [0.4, 0.5) is 0 Å². The molecule has 2 N–H and O–H groups in total. The van der Waals surface area contributed by atoms with Crippen molar-refractivity contribution in [3.8, 4) is 0 Å². The topological polar surface area (TPSA) is 67.8 Å². The van der Waals surface area contributed by atoms with Gasteiger partial charge in [-0.1, -0.05) is 0 Å². The molecule has 2 aromatic rings. The largest absolute Gasteiger partial charge is 0.870 e. The Bertz CT molecular complexity index is 504.